The molecule has 5 nitrogen and oxygen atoms in total. The van der Waals surface area contributed by atoms with E-state index in [9.17, 15) is 9.59 Å². The molecule has 0 spiro atoms. The molecule has 1 saturated carbocycles. The minimum Gasteiger partial charge on any atom is -0.455 e. The molecule has 4 rings (SSSR count). The highest BCUT2D eigenvalue weighted by Crippen LogP contribution is 2.29. The third-order valence-electron chi connectivity index (χ3n) is 5.23. The number of rotatable bonds is 8. The quantitative estimate of drug-likeness (QED) is 0.581. The van der Waals surface area contributed by atoms with Gasteiger partial charge in [0, 0.05) is 30.9 Å². The fourth-order valence-electron chi connectivity index (χ4n) is 3.36. The molecular weight excluding hydrogens is 366 g/mol. The van der Waals surface area contributed by atoms with E-state index in [0.29, 0.717) is 41.0 Å². The Bertz CT molecular complexity index is 1070. The van der Waals surface area contributed by atoms with Crippen LogP contribution in [0.2, 0.25) is 0 Å². The van der Waals surface area contributed by atoms with Crippen LogP contribution in [0.4, 0.5) is 0 Å². The summed E-state index contributed by atoms with van der Waals surface area (Å²) in [5, 5.41) is 3.33. The number of carbonyl (C=O) groups excluding carboxylic acids is 1. The molecular formula is C24H25NO4. The largest absolute Gasteiger partial charge is 0.455 e. The molecule has 1 fully saturated rings. The molecule has 1 amide bonds. The summed E-state index contributed by atoms with van der Waals surface area (Å²) in [6, 6.07) is 14.6. The molecule has 29 heavy (non-hydrogen) atoms. The minimum atomic E-state index is -0.246. The number of hydrogen-bond donors (Lipinski definition) is 1. The van der Waals surface area contributed by atoms with Crippen LogP contribution in [0.1, 0.15) is 35.2 Å². The second kappa shape index (κ2) is 8.62. The van der Waals surface area contributed by atoms with Crippen molar-refractivity contribution >= 4 is 16.9 Å². The lowest BCUT2D eigenvalue weighted by Gasteiger charge is -2.11. The first-order chi connectivity index (χ1) is 14.1. The van der Waals surface area contributed by atoms with Crippen molar-refractivity contribution in [3.05, 3.63) is 69.9 Å². The fraction of sp³-hybridized carbons (Fsp3) is 0.333. The monoisotopic (exact) mass is 391 g/mol. The molecule has 0 saturated heterocycles. The molecule has 1 heterocycles. The van der Waals surface area contributed by atoms with E-state index in [1.165, 1.54) is 12.8 Å². The van der Waals surface area contributed by atoms with Crippen LogP contribution in [-0.2, 0) is 4.74 Å². The molecule has 3 aromatic rings. The molecule has 1 aliphatic rings. The smallest absolute Gasteiger partial charge is 0.255 e. The molecule has 2 aromatic carbocycles. The van der Waals surface area contributed by atoms with Crippen molar-refractivity contribution in [2.75, 3.05) is 19.8 Å². The summed E-state index contributed by atoms with van der Waals surface area (Å²) in [4.78, 5) is 25.6. The Morgan fingerprint density at radius 1 is 1.14 bits per heavy atom. The summed E-state index contributed by atoms with van der Waals surface area (Å²) >= 11 is 0. The number of benzene rings is 2. The van der Waals surface area contributed by atoms with Crippen molar-refractivity contribution < 1.29 is 13.9 Å². The first-order valence-corrected chi connectivity index (χ1v) is 10.1. The first kappa shape index (κ1) is 19.4. The maximum atomic E-state index is 12.9. The summed E-state index contributed by atoms with van der Waals surface area (Å²) in [6.07, 6.45) is 3.29. The van der Waals surface area contributed by atoms with Gasteiger partial charge in [0.2, 0.25) is 0 Å². The molecule has 0 aliphatic heterocycles. The maximum Gasteiger partial charge on any atom is 0.255 e. The molecule has 1 aliphatic carbocycles. The van der Waals surface area contributed by atoms with Crippen LogP contribution < -0.4 is 10.7 Å². The normalized spacial score (nSPS) is 13.6. The number of nitrogens with one attached hydrogen (secondary N) is 1. The second-order valence-corrected chi connectivity index (χ2v) is 7.56. The van der Waals surface area contributed by atoms with Gasteiger partial charge in [0.15, 0.2) is 11.0 Å². The van der Waals surface area contributed by atoms with Crippen LogP contribution in [0.15, 0.2) is 57.7 Å². The van der Waals surface area contributed by atoms with Crippen molar-refractivity contribution in [2.45, 2.75) is 26.2 Å². The fourth-order valence-corrected chi connectivity index (χ4v) is 3.36. The lowest BCUT2D eigenvalue weighted by atomic mass is 10.0. The minimum absolute atomic E-state index is 0.117. The van der Waals surface area contributed by atoms with Crippen LogP contribution in [0.25, 0.3) is 22.3 Å². The summed E-state index contributed by atoms with van der Waals surface area (Å²) in [7, 11) is 0. The highest BCUT2D eigenvalue weighted by atomic mass is 16.5. The van der Waals surface area contributed by atoms with Gasteiger partial charge in [-0.3, -0.25) is 9.59 Å². The molecule has 0 unspecified atom stereocenters. The number of amides is 1. The predicted molar refractivity (Wildman–Crippen MR) is 113 cm³/mol. The second-order valence-electron chi connectivity index (χ2n) is 7.56. The average molecular weight is 391 g/mol. The van der Waals surface area contributed by atoms with E-state index in [-0.39, 0.29) is 11.3 Å². The number of hydrogen-bond acceptors (Lipinski definition) is 4. The van der Waals surface area contributed by atoms with Crippen LogP contribution >= 0.6 is 0 Å². The Labute approximate surface area is 169 Å². The topological polar surface area (TPSA) is 68.5 Å². The van der Waals surface area contributed by atoms with Crippen LogP contribution in [0, 0.1) is 12.8 Å². The van der Waals surface area contributed by atoms with E-state index < -0.39 is 0 Å². The van der Waals surface area contributed by atoms with Crippen molar-refractivity contribution in [3.63, 3.8) is 0 Å². The maximum absolute atomic E-state index is 12.9. The zero-order chi connectivity index (χ0) is 20.2. The molecule has 1 N–H and O–H groups in total. The average Bonchev–Trinajstić information content (AvgIpc) is 3.57. The standard InChI is InChI=1S/C24H25NO4/c1-16-21(26)19-9-5-10-20(23(19)29-22(16)18-7-3-2-4-8-18)24(27)25-13-6-14-28-15-17-11-12-17/h2-5,7-10,17H,6,11-15H2,1H3,(H,25,27). The van der Waals surface area contributed by atoms with Gasteiger partial charge in [-0.2, -0.15) is 0 Å². The molecule has 0 atom stereocenters. The molecule has 0 radical (unpaired) electrons. The summed E-state index contributed by atoms with van der Waals surface area (Å²) in [5.74, 6) is 0.992. The summed E-state index contributed by atoms with van der Waals surface area (Å²) < 4.78 is 11.7. The van der Waals surface area contributed by atoms with E-state index in [0.717, 1.165) is 24.5 Å². The zero-order valence-electron chi connectivity index (χ0n) is 16.6. The summed E-state index contributed by atoms with van der Waals surface area (Å²) in [6.45, 7) is 3.73. The Hall–Kier alpha value is -2.92. The van der Waals surface area contributed by atoms with Gasteiger partial charge in [-0.15, -0.1) is 0 Å². The van der Waals surface area contributed by atoms with Gasteiger partial charge in [-0.25, -0.2) is 0 Å². The highest BCUT2D eigenvalue weighted by molar-refractivity contribution is 6.05. The van der Waals surface area contributed by atoms with Gasteiger partial charge in [0.25, 0.3) is 5.91 Å². The lowest BCUT2D eigenvalue weighted by molar-refractivity contribution is 0.0938. The SMILES string of the molecule is Cc1c(-c2ccccc2)oc2c(C(=O)NCCCOCC3CC3)cccc2c1=O. The Morgan fingerprint density at radius 3 is 2.69 bits per heavy atom. The van der Waals surface area contributed by atoms with Crippen molar-refractivity contribution in [2.24, 2.45) is 5.92 Å². The van der Waals surface area contributed by atoms with Crippen molar-refractivity contribution in [1.82, 2.24) is 5.32 Å². The highest BCUT2D eigenvalue weighted by Gasteiger charge is 2.21. The van der Waals surface area contributed by atoms with Gasteiger partial charge >= 0.3 is 0 Å². The van der Waals surface area contributed by atoms with Gasteiger partial charge < -0.3 is 14.5 Å². The van der Waals surface area contributed by atoms with Gasteiger partial charge in [-0.1, -0.05) is 36.4 Å². The van der Waals surface area contributed by atoms with Crippen LogP contribution in [0.3, 0.4) is 0 Å². The van der Waals surface area contributed by atoms with Crippen LogP contribution in [0.5, 0.6) is 0 Å². The first-order valence-electron chi connectivity index (χ1n) is 10.1. The summed E-state index contributed by atoms with van der Waals surface area (Å²) in [5.41, 5.74) is 1.93. The van der Waals surface area contributed by atoms with E-state index >= 15 is 0 Å². The number of carbonyl (C=O) groups is 1. The lowest BCUT2D eigenvalue weighted by Crippen LogP contribution is -2.26. The molecule has 0 bridgehead atoms. The molecule has 150 valence electrons. The Kier molecular flexibility index (Phi) is 5.76. The van der Waals surface area contributed by atoms with Crippen molar-refractivity contribution in [3.8, 4) is 11.3 Å². The van der Waals surface area contributed by atoms with Crippen molar-refractivity contribution in [1.29, 1.82) is 0 Å². The van der Waals surface area contributed by atoms with E-state index in [1.54, 1.807) is 25.1 Å². The molecule has 1 aromatic heterocycles. The van der Waals surface area contributed by atoms with E-state index in [2.05, 4.69) is 5.32 Å². The van der Waals surface area contributed by atoms with Gasteiger partial charge in [0.1, 0.15) is 5.76 Å². The number of para-hydroxylation sites is 1. The molecule has 5 heteroatoms. The Balaban J connectivity index is 1.55. The zero-order valence-corrected chi connectivity index (χ0v) is 16.6. The third kappa shape index (κ3) is 4.40. The van der Waals surface area contributed by atoms with Gasteiger partial charge in [0.05, 0.1) is 10.9 Å². The third-order valence-corrected chi connectivity index (χ3v) is 5.23. The van der Waals surface area contributed by atoms with Gasteiger partial charge in [-0.05, 0) is 44.2 Å². The van der Waals surface area contributed by atoms with Crippen LogP contribution in [-0.4, -0.2) is 25.7 Å². The number of ether oxygens (including phenoxy) is 1. The Morgan fingerprint density at radius 2 is 1.93 bits per heavy atom. The van der Waals surface area contributed by atoms with E-state index in [1.807, 2.05) is 30.3 Å². The number of fused-ring (bicyclic) bond motifs is 1. The van der Waals surface area contributed by atoms with E-state index in [4.69, 9.17) is 9.15 Å². The predicted octanol–water partition coefficient (Wildman–Crippen LogP) is 4.31.